The van der Waals surface area contributed by atoms with Crippen LogP contribution in [0.1, 0.15) is 23.2 Å². The molecule has 1 heterocycles. The number of hydrogen-bond acceptors (Lipinski definition) is 6. The molecule has 1 aliphatic carbocycles. The Morgan fingerprint density at radius 2 is 2.39 bits per heavy atom. The van der Waals surface area contributed by atoms with Crippen molar-refractivity contribution in [2.24, 2.45) is 0 Å². The predicted octanol–water partition coefficient (Wildman–Crippen LogP) is 0.700. The van der Waals surface area contributed by atoms with E-state index >= 15 is 0 Å². The summed E-state index contributed by atoms with van der Waals surface area (Å²) in [6.45, 7) is 1.38. The van der Waals surface area contributed by atoms with Crippen LogP contribution in [0.4, 0.5) is 10.8 Å². The fraction of sp³-hybridized carbons (Fsp3) is 0.636. The van der Waals surface area contributed by atoms with Gasteiger partial charge in [0.2, 0.25) is 0 Å². The molecule has 0 bridgehead atoms. The lowest BCUT2D eigenvalue weighted by Gasteiger charge is -2.23. The number of aromatic nitrogens is 1. The van der Waals surface area contributed by atoms with Crippen molar-refractivity contribution < 1.29 is 9.53 Å². The molecule has 1 aromatic rings. The molecule has 2 rings (SSSR count). The highest BCUT2D eigenvalue weighted by molar-refractivity contribution is 7.11. The molecule has 1 saturated carbocycles. The Kier molecular flexibility index (Phi) is 4.03. The number of hydrogen-bond donors (Lipinski definition) is 2. The summed E-state index contributed by atoms with van der Waals surface area (Å²) in [7, 11) is 3.27. The van der Waals surface area contributed by atoms with E-state index < -0.39 is 0 Å². The van der Waals surface area contributed by atoms with Crippen LogP contribution in [0.25, 0.3) is 0 Å². The van der Waals surface area contributed by atoms with Crippen molar-refractivity contribution >= 4 is 28.3 Å². The van der Waals surface area contributed by atoms with Crippen molar-refractivity contribution in [2.45, 2.75) is 18.9 Å². The average Bonchev–Trinajstić information content (AvgIpc) is 3.13. The number of nitrogens with two attached hydrogens (primary N) is 1. The van der Waals surface area contributed by atoms with E-state index in [1.165, 1.54) is 11.5 Å². The third-order valence-corrected chi connectivity index (χ3v) is 3.84. The van der Waals surface area contributed by atoms with E-state index in [-0.39, 0.29) is 5.91 Å². The van der Waals surface area contributed by atoms with Crippen LogP contribution < -0.4 is 16.0 Å². The quantitative estimate of drug-likeness (QED) is 0.795. The summed E-state index contributed by atoms with van der Waals surface area (Å²) in [4.78, 5) is 14.0. The molecule has 0 spiro atoms. The zero-order chi connectivity index (χ0) is 13.1. The molecule has 1 fully saturated rings. The Hall–Kier alpha value is -1.34. The molecule has 100 valence electrons. The molecule has 6 nitrogen and oxygen atoms in total. The zero-order valence-corrected chi connectivity index (χ0v) is 11.4. The summed E-state index contributed by atoms with van der Waals surface area (Å²) in [5.74, 6) is 0.122. The maximum Gasteiger partial charge on any atom is 0.257 e. The molecule has 1 aromatic heterocycles. The Morgan fingerprint density at radius 1 is 1.67 bits per heavy atom. The van der Waals surface area contributed by atoms with Gasteiger partial charge in [0.05, 0.1) is 6.61 Å². The minimum absolute atomic E-state index is 0.181. The van der Waals surface area contributed by atoms with E-state index in [1.807, 2.05) is 0 Å². The molecule has 1 aliphatic rings. The average molecular weight is 270 g/mol. The first-order chi connectivity index (χ1) is 8.69. The van der Waals surface area contributed by atoms with Crippen molar-refractivity contribution in [1.82, 2.24) is 9.69 Å². The third kappa shape index (κ3) is 2.56. The lowest BCUT2D eigenvalue weighted by atomic mass is 10.2. The van der Waals surface area contributed by atoms with Crippen LogP contribution >= 0.6 is 11.5 Å². The SMILES string of the molecule is CNC(=O)c1c(N)nsc1N(CCOC)C1CC1. The van der Waals surface area contributed by atoms with Crippen LogP contribution in [-0.4, -0.2) is 43.6 Å². The number of rotatable bonds is 6. The maximum absolute atomic E-state index is 11.9. The van der Waals surface area contributed by atoms with Gasteiger partial charge in [0.15, 0.2) is 5.82 Å². The second-order valence-electron chi connectivity index (χ2n) is 4.24. The minimum atomic E-state index is -0.181. The van der Waals surface area contributed by atoms with Crippen molar-refractivity contribution in [3.05, 3.63) is 5.56 Å². The summed E-state index contributed by atoms with van der Waals surface area (Å²) in [6.07, 6.45) is 2.30. The smallest absolute Gasteiger partial charge is 0.257 e. The molecule has 0 aromatic carbocycles. The van der Waals surface area contributed by atoms with Gasteiger partial charge < -0.3 is 20.7 Å². The van der Waals surface area contributed by atoms with Gasteiger partial charge >= 0.3 is 0 Å². The second-order valence-corrected chi connectivity index (χ2v) is 5.00. The van der Waals surface area contributed by atoms with Gasteiger partial charge in [0.1, 0.15) is 10.6 Å². The van der Waals surface area contributed by atoms with Crippen LogP contribution in [0.15, 0.2) is 0 Å². The number of anilines is 2. The molecule has 7 heteroatoms. The highest BCUT2D eigenvalue weighted by Crippen LogP contribution is 2.38. The fourth-order valence-electron chi connectivity index (χ4n) is 1.85. The number of nitrogens with zero attached hydrogens (tertiary/aromatic N) is 2. The number of methoxy groups -OCH3 is 1. The lowest BCUT2D eigenvalue weighted by molar-refractivity contribution is 0.0964. The van der Waals surface area contributed by atoms with Crippen LogP contribution in [0.3, 0.4) is 0 Å². The summed E-state index contributed by atoms with van der Waals surface area (Å²) in [5, 5.41) is 3.46. The van der Waals surface area contributed by atoms with Gasteiger partial charge in [-0.05, 0) is 24.4 Å². The predicted molar refractivity (Wildman–Crippen MR) is 72.2 cm³/mol. The van der Waals surface area contributed by atoms with Gasteiger partial charge in [-0.3, -0.25) is 4.79 Å². The first-order valence-corrected chi connectivity index (χ1v) is 6.69. The van der Waals surface area contributed by atoms with Crippen molar-refractivity contribution in [1.29, 1.82) is 0 Å². The fourth-order valence-corrected chi connectivity index (χ4v) is 2.76. The van der Waals surface area contributed by atoms with E-state index in [2.05, 4.69) is 14.6 Å². The van der Waals surface area contributed by atoms with Crippen LogP contribution in [-0.2, 0) is 4.74 Å². The van der Waals surface area contributed by atoms with Gasteiger partial charge in [-0.15, -0.1) is 0 Å². The van der Waals surface area contributed by atoms with E-state index in [0.717, 1.165) is 24.4 Å². The summed E-state index contributed by atoms with van der Waals surface area (Å²) in [6, 6.07) is 0.489. The number of carbonyl (C=O) groups is 1. The van der Waals surface area contributed by atoms with Crippen molar-refractivity contribution in [3.8, 4) is 0 Å². The first-order valence-electron chi connectivity index (χ1n) is 5.91. The number of ether oxygens (including phenoxy) is 1. The molecule has 0 radical (unpaired) electrons. The van der Waals surface area contributed by atoms with E-state index in [9.17, 15) is 4.79 Å². The highest BCUT2D eigenvalue weighted by Gasteiger charge is 2.33. The van der Waals surface area contributed by atoms with Gasteiger partial charge in [0, 0.05) is 26.7 Å². The maximum atomic E-state index is 11.9. The van der Waals surface area contributed by atoms with Gasteiger partial charge in [0.25, 0.3) is 5.91 Å². The summed E-state index contributed by atoms with van der Waals surface area (Å²) < 4.78 is 9.22. The molecule has 18 heavy (non-hydrogen) atoms. The number of carbonyl (C=O) groups excluding carboxylic acids is 1. The Morgan fingerprint density at radius 3 is 2.94 bits per heavy atom. The lowest BCUT2D eigenvalue weighted by Crippen LogP contribution is -2.31. The molecule has 1 amide bonds. The van der Waals surface area contributed by atoms with Gasteiger partial charge in [-0.2, -0.15) is 4.37 Å². The monoisotopic (exact) mass is 270 g/mol. The number of nitrogen functional groups attached to an aromatic ring is 1. The zero-order valence-electron chi connectivity index (χ0n) is 10.6. The van der Waals surface area contributed by atoms with E-state index in [0.29, 0.717) is 24.0 Å². The van der Waals surface area contributed by atoms with E-state index in [1.54, 1.807) is 14.2 Å². The highest BCUT2D eigenvalue weighted by atomic mass is 32.1. The standard InChI is InChI=1S/C11H18N4O2S/c1-13-10(16)8-9(12)14-18-11(8)15(5-6-17-2)7-3-4-7/h7H,3-6H2,1-2H3,(H2,12,14)(H,13,16). The van der Waals surface area contributed by atoms with Crippen molar-refractivity contribution in [3.63, 3.8) is 0 Å². The molecular formula is C11H18N4O2S. The summed E-state index contributed by atoms with van der Waals surface area (Å²) in [5.41, 5.74) is 6.28. The largest absolute Gasteiger partial charge is 0.383 e. The first kappa shape index (κ1) is 13.1. The third-order valence-electron chi connectivity index (χ3n) is 2.94. The Labute approximate surface area is 110 Å². The van der Waals surface area contributed by atoms with Gasteiger partial charge in [-0.1, -0.05) is 0 Å². The van der Waals surface area contributed by atoms with Crippen molar-refractivity contribution in [2.75, 3.05) is 37.9 Å². The van der Waals surface area contributed by atoms with Crippen LogP contribution in [0.2, 0.25) is 0 Å². The number of nitrogens with one attached hydrogen (secondary N) is 1. The molecular weight excluding hydrogens is 252 g/mol. The normalized spacial score (nSPS) is 14.6. The van der Waals surface area contributed by atoms with Crippen LogP contribution in [0, 0.1) is 0 Å². The Balaban J connectivity index is 2.26. The van der Waals surface area contributed by atoms with E-state index in [4.69, 9.17) is 10.5 Å². The minimum Gasteiger partial charge on any atom is -0.383 e. The molecule has 3 N–H and O–H groups in total. The molecule has 0 unspecified atom stereocenters. The topological polar surface area (TPSA) is 80.5 Å². The summed E-state index contributed by atoms with van der Waals surface area (Å²) >= 11 is 1.28. The van der Waals surface area contributed by atoms with Gasteiger partial charge in [-0.25, -0.2) is 0 Å². The molecule has 0 aliphatic heterocycles. The molecule has 0 atom stereocenters. The Bertz CT molecular complexity index is 431. The van der Waals surface area contributed by atoms with Crippen LogP contribution in [0.5, 0.6) is 0 Å². The number of amides is 1. The second kappa shape index (κ2) is 5.53. The molecule has 0 saturated heterocycles.